The number of hydrogen-bond donors (Lipinski definition) is 2. The molecule has 3 N–H and O–H groups in total. The van der Waals surface area contributed by atoms with Gasteiger partial charge in [0.05, 0.1) is 5.56 Å². The molecule has 0 unspecified atom stereocenters. The Kier molecular flexibility index (Phi) is 2.81. The minimum Gasteiger partial charge on any atom is -0.366 e. The van der Waals surface area contributed by atoms with Gasteiger partial charge in [0, 0.05) is 12.6 Å². The molecular weight excluding hydrogens is 187 g/mol. The van der Waals surface area contributed by atoms with Crippen molar-refractivity contribution >= 4 is 17.5 Å². The van der Waals surface area contributed by atoms with Crippen LogP contribution in [0.25, 0.3) is 0 Å². The molecule has 0 saturated heterocycles. The van der Waals surface area contributed by atoms with E-state index in [9.17, 15) is 14.0 Å². The van der Waals surface area contributed by atoms with Gasteiger partial charge >= 0.3 is 0 Å². The number of nitrogens with one attached hydrogen (secondary N) is 1. The summed E-state index contributed by atoms with van der Waals surface area (Å²) in [5.41, 5.74) is 5.02. The minimum absolute atomic E-state index is 0.240. The van der Waals surface area contributed by atoms with Crippen LogP contribution < -0.4 is 11.1 Å². The van der Waals surface area contributed by atoms with Gasteiger partial charge in [0.2, 0.25) is 5.91 Å². The number of primary amides is 1. The zero-order chi connectivity index (χ0) is 10.7. The lowest BCUT2D eigenvalue weighted by Crippen LogP contribution is -2.14. The van der Waals surface area contributed by atoms with Crippen molar-refractivity contribution in [3.05, 3.63) is 29.6 Å². The van der Waals surface area contributed by atoms with Gasteiger partial charge in [-0.3, -0.25) is 9.59 Å². The first-order valence-corrected chi connectivity index (χ1v) is 3.87. The third-order valence-corrected chi connectivity index (χ3v) is 1.55. The molecule has 0 aliphatic carbocycles. The molecule has 0 aliphatic rings. The molecule has 0 aliphatic heterocycles. The third-order valence-electron chi connectivity index (χ3n) is 1.55. The number of rotatable bonds is 2. The molecule has 74 valence electrons. The van der Waals surface area contributed by atoms with Crippen molar-refractivity contribution < 1.29 is 14.0 Å². The average molecular weight is 196 g/mol. The standard InChI is InChI=1S/C9H9FN2O2/c1-5(13)12-6-2-3-8(10)7(4-6)9(11)14/h2-4H,1H3,(H2,11,14)(H,12,13). The van der Waals surface area contributed by atoms with E-state index in [1.54, 1.807) is 0 Å². The van der Waals surface area contributed by atoms with Crippen LogP contribution in [0.1, 0.15) is 17.3 Å². The summed E-state index contributed by atoms with van der Waals surface area (Å²) in [5, 5.41) is 2.41. The summed E-state index contributed by atoms with van der Waals surface area (Å²) in [6.07, 6.45) is 0. The van der Waals surface area contributed by atoms with Gasteiger partial charge in [-0.15, -0.1) is 0 Å². The largest absolute Gasteiger partial charge is 0.366 e. The highest BCUT2D eigenvalue weighted by Gasteiger charge is 2.08. The molecule has 1 aromatic carbocycles. The highest BCUT2D eigenvalue weighted by Crippen LogP contribution is 2.14. The van der Waals surface area contributed by atoms with Crippen LogP contribution in [0, 0.1) is 5.82 Å². The van der Waals surface area contributed by atoms with Gasteiger partial charge in [-0.25, -0.2) is 4.39 Å². The summed E-state index contributed by atoms with van der Waals surface area (Å²) in [4.78, 5) is 21.4. The average Bonchev–Trinajstić information content (AvgIpc) is 2.07. The molecule has 0 radical (unpaired) electrons. The smallest absolute Gasteiger partial charge is 0.251 e. The second-order valence-corrected chi connectivity index (χ2v) is 2.74. The maximum absolute atomic E-state index is 12.9. The van der Waals surface area contributed by atoms with Gasteiger partial charge in [0.25, 0.3) is 5.91 Å². The summed E-state index contributed by atoms with van der Waals surface area (Å²) >= 11 is 0. The Labute approximate surface area is 79.9 Å². The summed E-state index contributed by atoms with van der Waals surface area (Å²) in [5.74, 6) is -1.87. The molecule has 0 spiro atoms. The molecule has 0 bridgehead atoms. The second-order valence-electron chi connectivity index (χ2n) is 2.74. The fraction of sp³-hybridized carbons (Fsp3) is 0.111. The molecule has 5 heteroatoms. The Balaban J connectivity index is 3.06. The molecular formula is C9H9FN2O2. The van der Waals surface area contributed by atoms with Crippen LogP contribution in [0.15, 0.2) is 18.2 Å². The number of amides is 2. The van der Waals surface area contributed by atoms with Crippen molar-refractivity contribution in [2.75, 3.05) is 5.32 Å². The second kappa shape index (κ2) is 3.87. The first-order valence-electron chi connectivity index (χ1n) is 3.87. The number of carbonyl (C=O) groups is 2. The van der Waals surface area contributed by atoms with E-state index in [4.69, 9.17) is 5.73 Å². The van der Waals surface area contributed by atoms with Gasteiger partial charge in [-0.1, -0.05) is 0 Å². The fourth-order valence-corrected chi connectivity index (χ4v) is 0.995. The molecule has 1 aromatic rings. The third kappa shape index (κ3) is 2.29. The first-order chi connectivity index (χ1) is 6.50. The van der Waals surface area contributed by atoms with E-state index >= 15 is 0 Å². The minimum atomic E-state index is -0.866. The summed E-state index contributed by atoms with van der Waals surface area (Å²) in [6.45, 7) is 1.31. The van der Waals surface area contributed by atoms with Gasteiger partial charge in [0.15, 0.2) is 0 Å². The van der Waals surface area contributed by atoms with Crippen LogP contribution in [-0.2, 0) is 4.79 Å². The quantitative estimate of drug-likeness (QED) is 0.737. The van der Waals surface area contributed by atoms with Crippen molar-refractivity contribution in [1.29, 1.82) is 0 Å². The van der Waals surface area contributed by atoms with Gasteiger partial charge in [0.1, 0.15) is 5.82 Å². The Morgan fingerprint density at radius 1 is 1.43 bits per heavy atom. The lowest BCUT2D eigenvalue weighted by Gasteiger charge is -2.04. The van der Waals surface area contributed by atoms with Crippen LogP contribution in [0.2, 0.25) is 0 Å². The van der Waals surface area contributed by atoms with Crippen molar-refractivity contribution in [3.8, 4) is 0 Å². The summed E-state index contributed by atoms with van der Waals surface area (Å²) < 4.78 is 12.9. The van der Waals surface area contributed by atoms with Crippen molar-refractivity contribution in [3.63, 3.8) is 0 Å². The van der Waals surface area contributed by atoms with Crippen molar-refractivity contribution in [2.24, 2.45) is 5.73 Å². The number of hydrogen-bond acceptors (Lipinski definition) is 2. The number of nitrogens with two attached hydrogens (primary N) is 1. The summed E-state index contributed by atoms with van der Waals surface area (Å²) in [6, 6.07) is 3.62. The van der Waals surface area contributed by atoms with E-state index in [0.29, 0.717) is 5.69 Å². The summed E-state index contributed by atoms with van der Waals surface area (Å²) in [7, 11) is 0. The molecule has 14 heavy (non-hydrogen) atoms. The maximum atomic E-state index is 12.9. The highest BCUT2D eigenvalue weighted by atomic mass is 19.1. The van der Waals surface area contributed by atoms with E-state index in [1.165, 1.54) is 19.1 Å². The molecule has 0 heterocycles. The van der Waals surface area contributed by atoms with Crippen LogP contribution in [-0.4, -0.2) is 11.8 Å². The Hall–Kier alpha value is -1.91. The van der Waals surface area contributed by atoms with E-state index in [1.807, 2.05) is 0 Å². The molecule has 4 nitrogen and oxygen atoms in total. The van der Waals surface area contributed by atoms with E-state index < -0.39 is 11.7 Å². The van der Waals surface area contributed by atoms with Crippen LogP contribution in [0.3, 0.4) is 0 Å². The predicted octanol–water partition coefficient (Wildman–Crippen LogP) is 0.883. The normalized spacial score (nSPS) is 9.57. The van der Waals surface area contributed by atoms with Gasteiger partial charge in [-0.2, -0.15) is 0 Å². The maximum Gasteiger partial charge on any atom is 0.251 e. The molecule has 0 saturated carbocycles. The Morgan fingerprint density at radius 2 is 2.07 bits per heavy atom. The topological polar surface area (TPSA) is 72.2 Å². The van der Waals surface area contributed by atoms with E-state index in [-0.39, 0.29) is 11.5 Å². The van der Waals surface area contributed by atoms with Crippen molar-refractivity contribution in [2.45, 2.75) is 6.92 Å². The lowest BCUT2D eigenvalue weighted by molar-refractivity contribution is -0.114. The lowest BCUT2D eigenvalue weighted by atomic mass is 10.2. The van der Waals surface area contributed by atoms with Crippen molar-refractivity contribution in [1.82, 2.24) is 0 Å². The molecule has 0 atom stereocenters. The van der Waals surface area contributed by atoms with E-state index in [2.05, 4.69) is 5.32 Å². The van der Waals surface area contributed by atoms with Crippen LogP contribution in [0.4, 0.5) is 10.1 Å². The molecule has 2 amide bonds. The number of anilines is 1. The highest BCUT2D eigenvalue weighted by molar-refractivity contribution is 5.96. The Morgan fingerprint density at radius 3 is 2.57 bits per heavy atom. The van der Waals surface area contributed by atoms with E-state index in [0.717, 1.165) is 6.07 Å². The molecule has 1 rings (SSSR count). The fourth-order valence-electron chi connectivity index (χ4n) is 0.995. The zero-order valence-electron chi connectivity index (χ0n) is 7.50. The van der Waals surface area contributed by atoms with Crippen LogP contribution >= 0.6 is 0 Å². The number of halogens is 1. The monoisotopic (exact) mass is 196 g/mol. The first kappa shape index (κ1) is 10.2. The van der Waals surface area contributed by atoms with Crippen LogP contribution in [0.5, 0.6) is 0 Å². The van der Waals surface area contributed by atoms with Gasteiger partial charge < -0.3 is 11.1 Å². The predicted molar refractivity (Wildman–Crippen MR) is 49.2 cm³/mol. The zero-order valence-corrected chi connectivity index (χ0v) is 7.50. The Bertz CT molecular complexity index is 390. The number of carbonyl (C=O) groups excluding carboxylic acids is 2. The number of benzene rings is 1. The molecule has 0 aromatic heterocycles. The molecule has 0 fully saturated rings. The van der Waals surface area contributed by atoms with Gasteiger partial charge in [-0.05, 0) is 18.2 Å². The SMILES string of the molecule is CC(=O)Nc1ccc(F)c(C(N)=O)c1.